The number of hydrogen-bond acceptors (Lipinski definition) is 4. The molecule has 0 bridgehead atoms. The van der Waals surface area contributed by atoms with E-state index in [1.165, 1.54) is 28.3 Å². The fraction of sp³-hybridized carbons (Fsp3) is 0.364. The van der Waals surface area contributed by atoms with Gasteiger partial charge in [-0.3, -0.25) is 14.5 Å². The lowest BCUT2D eigenvalue weighted by atomic mass is 10.1. The Labute approximate surface area is 180 Å². The van der Waals surface area contributed by atoms with E-state index in [1.807, 2.05) is 0 Å². The van der Waals surface area contributed by atoms with Crippen molar-refractivity contribution in [2.24, 2.45) is 0 Å². The van der Waals surface area contributed by atoms with E-state index in [4.69, 9.17) is 0 Å². The highest BCUT2D eigenvalue weighted by atomic mass is 32.2. The second kappa shape index (κ2) is 8.05. The van der Waals surface area contributed by atoms with Crippen LogP contribution >= 0.6 is 0 Å². The Kier molecular flexibility index (Phi) is 5.57. The minimum absolute atomic E-state index is 0.165. The normalized spacial score (nSPS) is 18.8. The number of nitrogens with one attached hydrogen (secondary N) is 1. The van der Waals surface area contributed by atoms with Gasteiger partial charge in [0.2, 0.25) is 21.8 Å². The van der Waals surface area contributed by atoms with Crippen LogP contribution in [0.25, 0.3) is 0 Å². The Hall–Kier alpha value is -2.78. The maximum Gasteiger partial charge on any atom is 0.247 e. The number of halogens is 1. The van der Waals surface area contributed by atoms with Gasteiger partial charge in [0.15, 0.2) is 0 Å². The highest BCUT2D eigenvalue weighted by Crippen LogP contribution is 2.35. The first-order valence-corrected chi connectivity index (χ1v) is 11.6. The van der Waals surface area contributed by atoms with Crippen molar-refractivity contribution in [3.05, 3.63) is 53.3 Å². The standard InChI is InChI=1S/C22H24FN3O4S/c1-14-5-6-17(13-19(14)23)24-22(28)21-12-16-11-18(7-8-20(16)26(21)15(2)27)31(29,30)25-9-3-4-10-25/h5-8,11,13,21H,3-4,9-10,12H2,1-2H3,(H,24,28)/t21-/m0/s1. The van der Waals surface area contributed by atoms with E-state index in [0.717, 1.165) is 12.8 Å². The summed E-state index contributed by atoms with van der Waals surface area (Å²) in [5.41, 5.74) is 1.89. The maximum absolute atomic E-state index is 13.8. The van der Waals surface area contributed by atoms with Crippen molar-refractivity contribution in [2.45, 2.75) is 44.0 Å². The number of carbonyl (C=O) groups is 2. The van der Waals surface area contributed by atoms with Crippen LogP contribution < -0.4 is 10.2 Å². The van der Waals surface area contributed by atoms with E-state index >= 15 is 0 Å². The summed E-state index contributed by atoms with van der Waals surface area (Å²) in [6, 6.07) is 8.16. The number of benzene rings is 2. The van der Waals surface area contributed by atoms with E-state index in [2.05, 4.69) is 5.32 Å². The second-order valence-corrected chi connectivity index (χ2v) is 9.90. The van der Waals surface area contributed by atoms with Gasteiger partial charge in [0.25, 0.3) is 0 Å². The minimum atomic E-state index is -3.61. The van der Waals surface area contributed by atoms with Gasteiger partial charge in [-0.15, -0.1) is 0 Å². The number of nitrogens with zero attached hydrogens (tertiary/aromatic N) is 2. The molecule has 7 nitrogen and oxygen atoms in total. The van der Waals surface area contributed by atoms with Crippen LogP contribution in [0, 0.1) is 12.7 Å². The molecular weight excluding hydrogens is 421 g/mol. The van der Waals surface area contributed by atoms with Crippen molar-refractivity contribution in [1.82, 2.24) is 4.31 Å². The first-order chi connectivity index (χ1) is 14.7. The Morgan fingerprint density at radius 2 is 1.81 bits per heavy atom. The van der Waals surface area contributed by atoms with Crippen LogP contribution in [0.3, 0.4) is 0 Å². The highest BCUT2D eigenvalue weighted by molar-refractivity contribution is 7.89. The predicted molar refractivity (Wildman–Crippen MR) is 115 cm³/mol. The zero-order chi connectivity index (χ0) is 22.3. The van der Waals surface area contributed by atoms with Gasteiger partial charge in [-0.25, -0.2) is 12.8 Å². The first-order valence-electron chi connectivity index (χ1n) is 10.2. The summed E-state index contributed by atoms with van der Waals surface area (Å²) in [7, 11) is -3.61. The molecule has 2 amide bonds. The number of anilines is 2. The zero-order valence-electron chi connectivity index (χ0n) is 17.4. The van der Waals surface area contributed by atoms with Crippen LogP contribution in [-0.2, 0) is 26.0 Å². The molecule has 4 rings (SSSR count). The molecule has 2 aromatic rings. The monoisotopic (exact) mass is 445 g/mol. The van der Waals surface area contributed by atoms with Crippen LogP contribution in [0.4, 0.5) is 15.8 Å². The lowest BCUT2D eigenvalue weighted by molar-refractivity contribution is -0.122. The molecule has 2 aromatic carbocycles. The van der Waals surface area contributed by atoms with Crippen molar-refractivity contribution in [1.29, 1.82) is 0 Å². The Morgan fingerprint density at radius 1 is 1.10 bits per heavy atom. The molecule has 0 aromatic heterocycles. The van der Waals surface area contributed by atoms with Crippen molar-refractivity contribution < 1.29 is 22.4 Å². The summed E-state index contributed by atoms with van der Waals surface area (Å²) >= 11 is 0. The molecule has 0 spiro atoms. The van der Waals surface area contributed by atoms with Crippen molar-refractivity contribution in [2.75, 3.05) is 23.3 Å². The molecule has 0 saturated carbocycles. The molecule has 0 radical (unpaired) electrons. The summed E-state index contributed by atoms with van der Waals surface area (Å²) in [5, 5.41) is 2.66. The maximum atomic E-state index is 13.8. The van der Waals surface area contributed by atoms with E-state index in [9.17, 15) is 22.4 Å². The molecule has 31 heavy (non-hydrogen) atoms. The van der Waals surface area contributed by atoms with Crippen LogP contribution in [0.15, 0.2) is 41.3 Å². The number of sulfonamides is 1. The van der Waals surface area contributed by atoms with Crippen LogP contribution in [0.5, 0.6) is 0 Å². The molecule has 1 atom stereocenters. The molecule has 164 valence electrons. The van der Waals surface area contributed by atoms with E-state index in [1.54, 1.807) is 31.2 Å². The average molecular weight is 446 g/mol. The van der Waals surface area contributed by atoms with Crippen LogP contribution in [0.2, 0.25) is 0 Å². The number of amides is 2. The number of carbonyl (C=O) groups excluding carboxylic acids is 2. The summed E-state index contributed by atoms with van der Waals surface area (Å²) in [6.07, 6.45) is 1.85. The van der Waals surface area contributed by atoms with Gasteiger partial charge in [0.05, 0.1) is 4.90 Å². The molecule has 9 heteroatoms. The van der Waals surface area contributed by atoms with Gasteiger partial charge in [-0.2, -0.15) is 4.31 Å². The third-order valence-corrected chi connectivity index (χ3v) is 7.71. The first kappa shape index (κ1) is 21.5. The molecule has 0 aliphatic carbocycles. The molecule has 1 saturated heterocycles. The Balaban J connectivity index is 1.61. The fourth-order valence-electron chi connectivity index (χ4n) is 4.16. The quantitative estimate of drug-likeness (QED) is 0.784. The summed E-state index contributed by atoms with van der Waals surface area (Å²) in [4.78, 5) is 26.8. The van der Waals surface area contributed by atoms with Crippen molar-refractivity contribution in [3.8, 4) is 0 Å². The molecule has 0 unspecified atom stereocenters. The van der Waals surface area contributed by atoms with E-state index < -0.39 is 27.8 Å². The number of aryl methyl sites for hydroxylation is 1. The molecule has 2 heterocycles. The van der Waals surface area contributed by atoms with E-state index in [0.29, 0.717) is 35.6 Å². The van der Waals surface area contributed by atoms with Gasteiger partial charge >= 0.3 is 0 Å². The fourth-order valence-corrected chi connectivity index (χ4v) is 5.73. The van der Waals surface area contributed by atoms with Crippen LogP contribution in [0.1, 0.15) is 30.9 Å². The molecule has 2 aliphatic rings. The SMILES string of the molecule is CC(=O)N1c2ccc(S(=O)(=O)N3CCCC3)cc2C[C@H]1C(=O)Nc1ccc(C)c(F)c1. The predicted octanol–water partition coefficient (Wildman–Crippen LogP) is 2.83. The average Bonchev–Trinajstić information content (AvgIpc) is 3.38. The van der Waals surface area contributed by atoms with Gasteiger partial charge in [0, 0.05) is 37.8 Å². The largest absolute Gasteiger partial charge is 0.324 e. The van der Waals surface area contributed by atoms with Gasteiger partial charge < -0.3 is 5.32 Å². The molecular formula is C22H24FN3O4S. The summed E-state index contributed by atoms with van der Waals surface area (Å²) in [5.74, 6) is -1.23. The molecule has 1 fully saturated rings. The zero-order valence-corrected chi connectivity index (χ0v) is 18.2. The minimum Gasteiger partial charge on any atom is -0.324 e. The third kappa shape index (κ3) is 3.95. The van der Waals surface area contributed by atoms with Gasteiger partial charge in [-0.1, -0.05) is 6.07 Å². The number of hydrogen-bond donors (Lipinski definition) is 1. The highest BCUT2D eigenvalue weighted by Gasteiger charge is 2.38. The summed E-state index contributed by atoms with van der Waals surface area (Å²) in [6.45, 7) is 3.98. The molecule has 1 N–H and O–H groups in total. The number of rotatable bonds is 4. The Bertz CT molecular complexity index is 1160. The van der Waals surface area contributed by atoms with E-state index in [-0.39, 0.29) is 17.2 Å². The number of fused-ring (bicyclic) bond motifs is 1. The third-order valence-electron chi connectivity index (χ3n) is 5.82. The second-order valence-electron chi connectivity index (χ2n) is 7.96. The summed E-state index contributed by atoms with van der Waals surface area (Å²) < 4.78 is 41.1. The topological polar surface area (TPSA) is 86.8 Å². The van der Waals surface area contributed by atoms with Crippen molar-refractivity contribution >= 4 is 33.2 Å². The Morgan fingerprint density at radius 3 is 2.45 bits per heavy atom. The van der Waals surface area contributed by atoms with Crippen molar-refractivity contribution in [3.63, 3.8) is 0 Å². The van der Waals surface area contributed by atoms with Gasteiger partial charge in [-0.05, 0) is 61.2 Å². The smallest absolute Gasteiger partial charge is 0.247 e. The van der Waals surface area contributed by atoms with Gasteiger partial charge in [0.1, 0.15) is 11.9 Å². The lowest BCUT2D eigenvalue weighted by Crippen LogP contribution is -2.44. The lowest BCUT2D eigenvalue weighted by Gasteiger charge is -2.23. The molecule has 2 aliphatic heterocycles. The van der Waals surface area contributed by atoms with Crippen LogP contribution in [-0.4, -0.2) is 43.7 Å².